The van der Waals surface area contributed by atoms with E-state index in [2.05, 4.69) is 5.32 Å². The van der Waals surface area contributed by atoms with E-state index in [1.165, 1.54) is 11.9 Å². The normalized spacial score (nSPS) is 11.8. The first kappa shape index (κ1) is 20.3. The number of carbonyl (C=O) groups excluding carboxylic acids is 2. The van der Waals surface area contributed by atoms with Crippen molar-refractivity contribution < 1.29 is 14.3 Å². The van der Waals surface area contributed by atoms with Gasteiger partial charge in [-0.15, -0.1) is 0 Å². The molecular weight excluding hydrogens is 328 g/mol. The molecule has 0 atom stereocenters. The molecular formula is C18H27ClN2O3. The van der Waals surface area contributed by atoms with Gasteiger partial charge >= 0.3 is 6.09 Å². The van der Waals surface area contributed by atoms with Crippen LogP contribution in [0.4, 0.5) is 4.79 Å². The van der Waals surface area contributed by atoms with Crippen LogP contribution >= 0.6 is 11.6 Å². The summed E-state index contributed by atoms with van der Waals surface area (Å²) in [6, 6.07) is 7.55. The molecule has 1 N–H and O–H groups in total. The zero-order valence-corrected chi connectivity index (χ0v) is 16.0. The molecule has 0 heterocycles. The molecule has 5 nitrogen and oxygen atoms in total. The molecule has 0 spiro atoms. The highest BCUT2D eigenvalue weighted by atomic mass is 35.5. The largest absolute Gasteiger partial charge is 0.444 e. The van der Waals surface area contributed by atoms with Crippen LogP contribution < -0.4 is 5.32 Å². The number of halogens is 1. The molecule has 1 aromatic carbocycles. The van der Waals surface area contributed by atoms with Gasteiger partial charge in [-0.2, -0.15) is 0 Å². The van der Waals surface area contributed by atoms with Crippen molar-refractivity contribution in [3.05, 3.63) is 34.9 Å². The van der Waals surface area contributed by atoms with E-state index in [1.807, 2.05) is 38.1 Å². The third-order valence-electron chi connectivity index (χ3n) is 3.44. The van der Waals surface area contributed by atoms with Crippen molar-refractivity contribution in [1.82, 2.24) is 10.2 Å². The monoisotopic (exact) mass is 354 g/mol. The standard InChI is InChI=1S/C18H27ClN2O3/c1-17(2,3)24-16(23)21(6)11-15(22)20-12-18(4,5)13-7-9-14(19)10-8-13/h7-10H,11-12H2,1-6H3,(H,20,22). The van der Waals surface area contributed by atoms with Gasteiger partial charge in [-0.3, -0.25) is 4.79 Å². The number of nitrogens with one attached hydrogen (secondary N) is 1. The summed E-state index contributed by atoms with van der Waals surface area (Å²) in [7, 11) is 1.54. The SMILES string of the molecule is CN(CC(=O)NCC(C)(C)c1ccc(Cl)cc1)C(=O)OC(C)(C)C. The van der Waals surface area contributed by atoms with Gasteiger partial charge in [-0.05, 0) is 38.5 Å². The minimum absolute atomic E-state index is 0.0500. The minimum atomic E-state index is -0.585. The zero-order chi connectivity index (χ0) is 18.5. The van der Waals surface area contributed by atoms with Crippen molar-refractivity contribution in [2.24, 2.45) is 0 Å². The van der Waals surface area contributed by atoms with Crippen LogP contribution in [0.3, 0.4) is 0 Å². The fourth-order valence-electron chi connectivity index (χ4n) is 2.00. The summed E-state index contributed by atoms with van der Waals surface area (Å²) in [5, 5.41) is 3.54. The van der Waals surface area contributed by atoms with Crippen LogP contribution in [0, 0.1) is 0 Å². The summed E-state index contributed by atoms with van der Waals surface area (Å²) in [6.07, 6.45) is -0.519. The Balaban J connectivity index is 2.53. The predicted octanol–water partition coefficient (Wildman–Crippen LogP) is 3.60. The smallest absolute Gasteiger partial charge is 0.410 e. The summed E-state index contributed by atoms with van der Waals surface area (Å²) in [6.45, 7) is 9.83. The minimum Gasteiger partial charge on any atom is -0.444 e. The van der Waals surface area contributed by atoms with Crippen LogP contribution in [0.1, 0.15) is 40.2 Å². The van der Waals surface area contributed by atoms with Crippen LogP contribution in [-0.2, 0) is 14.9 Å². The molecule has 6 heteroatoms. The number of ether oxygens (including phenoxy) is 1. The van der Waals surface area contributed by atoms with Crippen LogP contribution in [0.25, 0.3) is 0 Å². The summed E-state index contributed by atoms with van der Waals surface area (Å²) in [4.78, 5) is 25.2. The molecule has 0 saturated heterocycles. The van der Waals surface area contributed by atoms with Gasteiger partial charge in [0.25, 0.3) is 0 Å². The number of amides is 2. The second-order valence-corrected chi connectivity index (χ2v) is 7.94. The molecule has 0 fully saturated rings. The maximum Gasteiger partial charge on any atom is 0.410 e. The van der Waals surface area contributed by atoms with Gasteiger partial charge in [0.05, 0.1) is 0 Å². The van der Waals surface area contributed by atoms with Gasteiger partial charge < -0.3 is 15.0 Å². The fourth-order valence-corrected chi connectivity index (χ4v) is 2.12. The molecule has 0 aliphatic rings. The van der Waals surface area contributed by atoms with Crippen molar-refractivity contribution in [2.45, 2.75) is 45.6 Å². The average molecular weight is 355 g/mol. The van der Waals surface area contributed by atoms with Gasteiger partial charge in [0.1, 0.15) is 12.1 Å². The molecule has 0 aliphatic heterocycles. The molecule has 0 bridgehead atoms. The van der Waals surface area contributed by atoms with Gasteiger partial charge in [0, 0.05) is 24.0 Å². The Kier molecular flexibility index (Phi) is 6.67. The molecule has 0 saturated carbocycles. The van der Waals surface area contributed by atoms with E-state index in [4.69, 9.17) is 16.3 Å². The zero-order valence-electron chi connectivity index (χ0n) is 15.3. The lowest BCUT2D eigenvalue weighted by Gasteiger charge is -2.27. The topological polar surface area (TPSA) is 58.6 Å². The molecule has 1 aromatic rings. The number of benzene rings is 1. The van der Waals surface area contributed by atoms with Gasteiger partial charge in [0.2, 0.25) is 5.91 Å². The van der Waals surface area contributed by atoms with Crippen molar-refractivity contribution in [1.29, 1.82) is 0 Å². The highest BCUT2D eigenvalue weighted by molar-refractivity contribution is 6.30. The Bertz CT molecular complexity index is 577. The summed E-state index contributed by atoms with van der Waals surface area (Å²) >= 11 is 5.90. The van der Waals surface area contributed by atoms with E-state index in [-0.39, 0.29) is 17.9 Å². The average Bonchev–Trinajstić information content (AvgIpc) is 2.44. The van der Waals surface area contributed by atoms with Crippen molar-refractivity contribution in [3.63, 3.8) is 0 Å². The lowest BCUT2D eigenvalue weighted by Crippen LogP contribution is -2.44. The van der Waals surface area contributed by atoms with Gasteiger partial charge in [-0.1, -0.05) is 37.6 Å². The second-order valence-electron chi connectivity index (χ2n) is 7.50. The Morgan fingerprint density at radius 1 is 1.12 bits per heavy atom. The van der Waals surface area contributed by atoms with E-state index < -0.39 is 11.7 Å². The summed E-state index contributed by atoms with van der Waals surface area (Å²) in [5.74, 6) is -0.231. The molecule has 1 rings (SSSR count). The van der Waals surface area contributed by atoms with E-state index in [0.29, 0.717) is 11.6 Å². The number of rotatable bonds is 5. The van der Waals surface area contributed by atoms with Crippen LogP contribution in [-0.4, -0.2) is 42.6 Å². The first-order chi connectivity index (χ1) is 10.9. The van der Waals surface area contributed by atoms with Gasteiger partial charge in [0.15, 0.2) is 0 Å². The highest BCUT2D eigenvalue weighted by Crippen LogP contribution is 2.23. The molecule has 0 aliphatic carbocycles. The number of carbonyl (C=O) groups is 2. The quantitative estimate of drug-likeness (QED) is 0.878. The lowest BCUT2D eigenvalue weighted by molar-refractivity contribution is -0.122. The highest BCUT2D eigenvalue weighted by Gasteiger charge is 2.24. The fraction of sp³-hybridized carbons (Fsp3) is 0.556. The molecule has 0 unspecified atom stereocenters. The van der Waals surface area contributed by atoms with Gasteiger partial charge in [-0.25, -0.2) is 4.79 Å². The van der Waals surface area contributed by atoms with E-state index in [9.17, 15) is 9.59 Å². The third-order valence-corrected chi connectivity index (χ3v) is 3.69. The number of hydrogen-bond donors (Lipinski definition) is 1. The summed E-state index contributed by atoms with van der Waals surface area (Å²) in [5.41, 5.74) is 0.246. The first-order valence-electron chi connectivity index (χ1n) is 7.87. The Hall–Kier alpha value is -1.75. The molecule has 134 valence electrons. The molecule has 0 aromatic heterocycles. The third kappa shape index (κ3) is 6.79. The maximum atomic E-state index is 12.1. The van der Waals surface area contributed by atoms with E-state index in [0.717, 1.165) is 5.56 Å². The molecule has 2 amide bonds. The predicted molar refractivity (Wildman–Crippen MR) is 96.4 cm³/mol. The number of likely N-dealkylation sites (N-methyl/N-ethyl adjacent to an activating group) is 1. The van der Waals surface area contributed by atoms with Crippen LogP contribution in [0.5, 0.6) is 0 Å². The second kappa shape index (κ2) is 7.88. The van der Waals surface area contributed by atoms with Crippen LogP contribution in [0.2, 0.25) is 5.02 Å². The van der Waals surface area contributed by atoms with Crippen molar-refractivity contribution >= 4 is 23.6 Å². The molecule has 24 heavy (non-hydrogen) atoms. The molecule has 0 radical (unpaired) electrons. The summed E-state index contributed by atoms with van der Waals surface area (Å²) < 4.78 is 5.22. The maximum absolute atomic E-state index is 12.1. The van der Waals surface area contributed by atoms with Crippen molar-refractivity contribution in [3.8, 4) is 0 Å². The number of nitrogens with zero attached hydrogens (tertiary/aromatic N) is 1. The van der Waals surface area contributed by atoms with Crippen LogP contribution in [0.15, 0.2) is 24.3 Å². The Labute approximate surface area is 149 Å². The Morgan fingerprint density at radius 2 is 1.67 bits per heavy atom. The van der Waals surface area contributed by atoms with E-state index in [1.54, 1.807) is 20.8 Å². The van der Waals surface area contributed by atoms with Crippen molar-refractivity contribution in [2.75, 3.05) is 20.1 Å². The van der Waals surface area contributed by atoms with E-state index >= 15 is 0 Å². The Morgan fingerprint density at radius 3 is 2.17 bits per heavy atom. The first-order valence-corrected chi connectivity index (χ1v) is 8.25. The number of hydrogen-bond acceptors (Lipinski definition) is 3. The lowest BCUT2D eigenvalue weighted by atomic mass is 9.84.